The molecule has 2 unspecified atom stereocenters. The lowest BCUT2D eigenvalue weighted by Crippen LogP contribution is -2.56. The monoisotopic (exact) mass is 504 g/mol. The van der Waals surface area contributed by atoms with Crippen molar-refractivity contribution in [2.24, 2.45) is 11.8 Å². The van der Waals surface area contributed by atoms with E-state index in [2.05, 4.69) is 16.0 Å². The molecule has 0 heterocycles. The zero-order valence-corrected chi connectivity index (χ0v) is 22.1. The van der Waals surface area contributed by atoms with Crippen LogP contribution in [0.15, 0.2) is 24.3 Å². The van der Waals surface area contributed by atoms with Crippen molar-refractivity contribution in [2.75, 3.05) is 19.4 Å². The number of likely N-dealkylation sites (N-methyl/N-ethyl adjacent to an activating group) is 2. The molecule has 200 valence electrons. The van der Waals surface area contributed by atoms with Gasteiger partial charge < -0.3 is 20.1 Å². The quantitative estimate of drug-likeness (QED) is 0.446. The minimum absolute atomic E-state index is 0.00469. The number of nitrogens with zero attached hydrogens (tertiary/aromatic N) is 1. The second-order valence-electron chi connectivity index (χ2n) is 9.83. The van der Waals surface area contributed by atoms with Gasteiger partial charge in [-0.05, 0) is 55.2 Å². The second kappa shape index (κ2) is 13.7. The predicted octanol–water partition coefficient (Wildman–Crippen LogP) is 3.66. The predicted molar refractivity (Wildman–Crippen MR) is 136 cm³/mol. The molecule has 10 nitrogen and oxygen atoms in total. The Morgan fingerprint density at radius 3 is 2.11 bits per heavy atom. The molecule has 1 aliphatic rings. The molecule has 10 heteroatoms. The number of ether oxygens (including phenoxy) is 2. The van der Waals surface area contributed by atoms with Crippen LogP contribution in [0.2, 0.25) is 0 Å². The molecule has 0 saturated heterocycles. The van der Waals surface area contributed by atoms with Crippen LogP contribution in [-0.4, -0.2) is 61.2 Å². The molecule has 1 aromatic rings. The van der Waals surface area contributed by atoms with E-state index in [0.29, 0.717) is 5.69 Å². The van der Waals surface area contributed by atoms with Crippen LogP contribution in [0, 0.1) is 11.8 Å². The van der Waals surface area contributed by atoms with Gasteiger partial charge in [0.05, 0.1) is 0 Å². The Hall–Kier alpha value is -3.30. The first kappa shape index (κ1) is 28.9. The van der Waals surface area contributed by atoms with E-state index >= 15 is 0 Å². The molecular weight excluding hydrogens is 464 g/mol. The fraction of sp³-hybridized carbons (Fsp3) is 0.615. The van der Waals surface area contributed by atoms with Crippen molar-refractivity contribution in [1.82, 2.24) is 15.5 Å². The number of amides is 4. The summed E-state index contributed by atoms with van der Waals surface area (Å²) in [5.74, 6) is -1.06. The van der Waals surface area contributed by atoms with E-state index in [1.807, 2.05) is 27.7 Å². The van der Waals surface area contributed by atoms with Gasteiger partial charge in [-0.15, -0.1) is 0 Å². The number of hydrogen-bond donors (Lipinski definition) is 3. The number of nitrogens with one attached hydrogen (secondary N) is 3. The minimum Gasteiger partial charge on any atom is -0.446 e. The van der Waals surface area contributed by atoms with E-state index in [9.17, 15) is 19.2 Å². The first-order chi connectivity index (χ1) is 17.0. The lowest BCUT2D eigenvalue weighted by Gasteiger charge is -2.31. The Labute approximate surface area is 213 Å². The molecule has 0 bridgehead atoms. The average Bonchev–Trinajstić information content (AvgIpc) is 3.33. The van der Waals surface area contributed by atoms with E-state index in [4.69, 9.17) is 9.47 Å². The maximum Gasteiger partial charge on any atom is 0.411 e. The number of hydrogen-bond acceptors (Lipinski definition) is 6. The molecule has 4 amide bonds. The van der Waals surface area contributed by atoms with Crippen molar-refractivity contribution < 1.29 is 28.7 Å². The van der Waals surface area contributed by atoms with Crippen LogP contribution < -0.4 is 16.0 Å². The van der Waals surface area contributed by atoms with E-state index in [0.717, 1.165) is 31.2 Å². The summed E-state index contributed by atoms with van der Waals surface area (Å²) >= 11 is 0. The van der Waals surface area contributed by atoms with Gasteiger partial charge in [0.25, 0.3) is 0 Å². The third-order valence-electron chi connectivity index (χ3n) is 6.24. The van der Waals surface area contributed by atoms with Crippen molar-refractivity contribution in [3.05, 3.63) is 29.8 Å². The van der Waals surface area contributed by atoms with E-state index < -0.39 is 30.2 Å². The minimum atomic E-state index is -0.819. The van der Waals surface area contributed by atoms with Gasteiger partial charge in [0.15, 0.2) is 0 Å². The van der Waals surface area contributed by atoms with Gasteiger partial charge in [0.2, 0.25) is 11.8 Å². The SMILES string of the molecule is CNC(=O)C(NC(=O)C(C(C)C)N(C)C(=O)OCc1ccc(NC(=O)OC2CCCC2)cc1)C(C)C. The van der Waals surface area contributed by atoms with Gasteiger partial charge in [-0.3, -0.25) is 19.8 Å². The summed E-state index contributed by atoms with van der Waals surface area (Å²) in [5, 5.41) is 8.01. The first-order valence-corrected chi connectivity index (χ1v) is 12.5. The number of anilines is 1. The highest BCUT2D eigenvalue weighted by Gasteiger charge is 2.34. The summed E-state index contributed by atoms with van der Waals surface area (Å²) in [7, 11) is 3.01. The van der Waals surface area contributed by atoms with Crippen LogP contribution >= 0.6 is 0 Å². The van der Waals surface area contributed by atoms with Gasteiger partial charge in [-0.25, -0.2) is 9.59 Å². The number of carbonyl (C=O) groups is 4. The zero-order valence-electron chi connectivity index (χ0n) is 22.1. The Balaban J connectivity index is 1.91. The summed E-state index contributed by atoms with van der Waals surface area (Å²) in [6, 6.07) is 5.36. The van der Waals surface area contributed by atoms with E-state index in [1.165, 1.54) is 19.0 Å². The summed E-state index contributed by atoms with van der Waals surface area (Å²) in [5.41, 5.74) is 1.30. The Morgan fingerprint density at radius 2 is 1.58 bits per heavy atom. The molecule has 2 rings (SSSR count). The van der Waals surface area contributed by atoms with Crippen molar-refractivity contribution >= 4 is 29.7 Å². The molecule has 0 aliphatic heterocycles. The average molecular weight is 505 g/mol. The maximum atomic E-state index is 13.0. The fourth-order valence-electron chi connectivity index (χ4n) is 4.20. The smallest absolute Gasteiger partial charge is 0.411 e. The van der Waals surface area contributed by atoms with Crippen molar-refractivity contribution in [3.8, 4) is 0 Å². The largest absolute Gasteiger partial charge is 0.446 e. The highest BCUT2D eigenvalue weighted by Crippen LogP contribution is 2.22. The van der Waals surface area contributed by atoms with Gasteiger partial charge in [-0.1, -0.05) is 39.8 Å². The molecule has 1 saturated carbocycles. The molecule has 1 aliphatic carbocycles. The number of carbonyl (C=O) groups excluding carboxylic acids is 4. The van der Waals surface area contributed by atoms with Crippen molar-refractivity contribution in [2.45, 2.75) is 78.2 Å². The summed E-state index contributed by atoms with van der Waals surface area (Å²) in [6.45, 7) is 7.31. The molecule has 0 radical (unpaired) electrons. The molecular formula is C26H40N4O6. The summed E-state index contributed by atoms with van der Waals surface area (Å²) < 4.78 is 10.8. The lowest BCUT2D eigenvalue weighted by molar-refractivity contribution is -0.133. The van der Waals surface area contributed by atoms with Gasteiger partial charge in [-0.2, -0.15) is 0 Å². The van der Waals surface area contributed by atoms with Gasteiger partial charge in [0, 0.05) is 19.8 Å². The van der Waals surface area contributed by atoms with Crippen molar-refractivity contribution in [1.29, 1.82) is 0 Å². The highest BCUT2D eigenvalue weighted by atomic mass is 16.6. The van der Waals surface area contributed by atoms with Crippen LogP contribution in [0.1, 0.15) is 58.9 Å². The third kappa shape index (κ3) is 8.42. The summed E-state index contributed by atoms with van der Waals surface area (Å²) in [6.07, 6.45) is 2.81. The molecule has 3 N–H and O–H groups in total. The maximum absolute atomic E-state index is 13.0. The molecule has 2 atom stereocenters. The van der Waals surface area contributed by atoms with Gasteiger partial charge in [0.1, 0.15) is 24.8 Å². The normalized spacial score (nSPS) is 15.2. The lowest BCUT2D eigenvalue weighted by atomic mass is 9.99. The first-order valence-electron chi connectivity index (χ1n) is 12.5. The fourth-order valence-corrected chi connectivity index (χ4v) is 4.20. The molecule has 0 aromatic heterocycles. The van der Waals surface area contributed by atoms with E-state index in [-0.39, 0.29) is 30.5 Å². The highest BCUT2D eigenvalue weighted by molar-refractivity contribution is 5.91. The van der Waals surface area contributed by atoms with Crippen LogP contribution in [-0.2, 0) is 25.7 Å². The Kier molecular flexibility index (Phi) is 11.0. The third-order valence-corrected chi connectivity index (χ3v) is 6.24. The van der Waals surface area contributed by atoms with Crippen LogP contribution in [0.25, 0.3) is 0 Å². The number of benzene rings is 1. The Morgan fingerprint density at radius 1 is 0.972 bits per heavy atom. The van der Waals surface area contributed by atoms with Crippen LogP contribution in [0.5, 0.6) is 0 Å². The standard InChI is InChI=1S/C26H40N4O6/c1-16(2)21(23(31)27-5)29-24(32)22(17(3)4)30(6)26(34)35-15-18-11-13-19(14-12-18)28-25(33)36-20-9-7-8-10-20/h11-14,16-17,20-22H,7-10,15H2,1-6H3,(H,27,31)(H,28,33)(H,29,32). The molecule has 1 fully saturated rings. The molecule has 1 aromatic carbocycles. The molecule has 36 heavy (non-hydrogen) atoms. The zero-order chi connectivity index (χ0) is 26.8. The Bertz CT molecular complexity index is 896. The van der Waals surface area contributed by atoms with E-state index in [1.54, 1.807) is 24.3 Å². The van der Waals surface area contributed by atoms with Crippen LogP contribution in [0.3, 0.4) is 0 Å². The molecule has 0 spiro atoms. The number of rotatable bonds is 10. The van der Waals surface area contributed by atoms with Crippen molar-refractivity contribution in [3.63, 3.8) is 0 Å². The van der Waals surface area contributed by atoms with Crippen LogP contribution in [0.4, 0.5) is 15.3 Å². The summed E-state index contributed by atoms with van der Waals surface area (Å²) in [4.78, 5) is 51.1. The van der Waals surface area contributed by atoms with Gasteiger partial charge >= 0.3 is 12.2 Å². The topological polar surface area (TPSA) is 126 Å². The second-order valence-corrected chi connectivity index (χ2v) is 9.83.